The first kappa shape index (κ1) is 14.6. The van der Waals surface area contributed by atoms with E-state index in [4.69, 9.17) is 5.73 Å². The number of fused-ring (bicyclic) bond motifs is 1. The Morgan fingerprint density at radius 1 is 1.26 bits per heavy atom. The fourth-order valence-corrected chi connectivity index (χ4v) is 3.72. The van der Waals surface area contributed by atoms with Crippen molar-refractivity contribution in [2.24, 2.45) is 17.6 Å². The van der Waals surface area contributed by atoms with Crippen LogP contribution in [0.3, 0.4) is 0 Å². The third kappa shape index (κ3) is 2.72. The fraction of sp³-hybridized carbons (Fsp3) is 0.846. The molecule has 3 N–H and O–H groups in total. The molecule has 2 amide bonds. The molecule has 0 bridgehead atoms. The van der Waals surface area contributed by atoms with Gasteiger partial charge in [0.1, 0.15) is 6.04 Å². The molecule has 0 radical (unpaired) electrons. The average molecular weight is 288 g/mol. The highest BCUT2D eigenvalue weighted by Gasteiger charge is 2.42. The molecule has 5 nitrogen and oxygen atoms in total. The van der Waals surface area contributed by atoms with E-state index in [0.717, 1.165) is 19.5 Å². The quantitative estimate of drug-likeness (QED) is 0.727. The molecule has 108 valence electrons. The van der Waals surface area contributed by atoms with Crippen LogP contribution in [-0.2, 0) is 9.59 Å². The highest BCUT2D eigenvalue weighted by molar-refractivity contribution is 5.91. The number of amides is 2. The summed E-state index contributed by atoms with van der Waals surface area (Å²) in [5.41, 5.74) is 6.15. The summed E-state index contributed by atoms with van der Waals surface area (Å²) in [7, 11) is 0. The maximum atomic E-state index is 12.3. The van der Waals surface area contributed by atoms with Gasteiger partial charge in [-0.15, -0.1) is 12.4 Å². The van der Waals surface area contributed by atoms with Gasteiger partial charge >= 0.3 is 0 Å². The van der Waals surface area contributed by atoms with E-state index in [1.54, 1.807) is 0 Å². The minimum Gasteiger partial charge on any atom is -0.344 e. The lowest BCUT2D eigenvalue weighted by molar-refractivity contribution is -0.133. The maximum absolute atomic E-state index is 12.3. The molecule has 0 aromatic rings. The Hall–Kier alpha value is -0.810. The van der Waals surface area contributed by atoms with Gasteiger partial charge in [-0.2, -0.15) is 0 Å². The first-order chi connectivity index (χ1) is 8.65. The fourth-order valence-electron chi connectivity index (χ4n) is 3.72. The summed E-state index contributed by atoms with van der Waals surface area (Å²) in [5, 5.41) is 2.76. The molecule has 6 heteroatoms. The van der Waals surface area contributed by atoms with Crippen molar-refractivity contribution in [3.63, 3.8) is 0 Å². The maximum Gasteiger partial charge on any atom is 0.245 e. The van der Waals surface area contributed by atoms with Gasteiger partial charge in [-0.1, -0.05) is 6.42 Å². The molecule has 2 saturated heterocycles. The third-order valence-corrected chi connectivity index (χ3v) is 4.76. The molecule has 2 heterocycles. The Kier molecular flexibility index (Phi) is 4.36. The van der Waals surface area contributed by atoms with Crippen molar-refractivity contribution in [1.82, 2.24) is 10.2 Å². The number of carbonyl (C=O) groups is 2. The van der Waals surface area contributed by atoms with Crippen LogP contribution in [0.25, 0.3) is 0 Å². The first-order valence-electron chi connectivity index (χ1n) is 6.99. The molecule has 0 aromatic heterocycles. The Balaban J connectivity index is 0.00000133. The van der Waals surface area contributed by atoms with E-state index in [0.29, 0.717) is 24.7 Å². The SMILES string of the molecule is Cl.NC1CCCC2CN(C(=O)[C@@H]3CCC(=O)N3)CC12. The van der Waals surface area contributed by atoms with Crippen molar-refractivity contribution in [3.8, 4) is 0 Å². The van der Waals surface area contributed by atoms with Crippen molar-refractivity contribution in [1.29, 1.82) is 0 Å². The summed E-state index contributed by atoms with van der Waals surface area (Å²) in [4.78, 5) is 25.4. The van der Waals surface area contributed by atoms with Crippen molar-refractivity contribution in [3.05, 3.63) is 0 Å². The first-order valence-corrected chi connectivity index (χ1v) is 6.99. The number of halogens is 1. The second-order valence-electron chi connectivity index (χ2n) is 5.92. The van der Waals surface area contributed by atoms with E-state index in [2.05, 4.69) is 5.32 Å². The molecule has 3 fully saturated rings. The summed E-state index contributed by atoms with van der Waals surface area (Å²) in [6.45, 7) is 1.63. The molecule has 0 aromatic carbocycles. The van der Waals surface area contributed by atoms with E-state index in [9.17, 15) is 9.59 Å². The topological polar surface area (TPSA) is 75.4 Å². The number of nitrogens with zero attached hydrogens (tertiary/aromatic N) is 1. The van der Waals surface area contributed by atoms with Crippen LogP contribution in [0.1, 0.15) is 32.1 Å². The summed E-state index contributed by atoms with van der Waals surface area (Å²) in [6.07, 6.45) is 4.60. The van der Waals surface area contributed by atoms with Crippen molar-refractivity contribution in [2.75, 3.05) is 13.1 Å². The van der Waals surface area contributed by atoms with Gasteiger partial charge in [0.05, 0.1) is 0 Å². The molecule has 1 aliphatic carbocycles. The van der Waals surface area contributed by atoms with Gasteiger partial charge in [0, 0.05) is 25.6 Å². The Bertz CT molecular complexity index is 377. The molecule has 3 aliphatic rings. The average Bonchev–Trinajstić information content (AvgIpc) is 2.95. The number of hydrogen-bond donors (Lipinski definition) is 2. The summed E-state index contributed by atoms with van der Waals surface area (Å²) in [6, 6.07) is -0.0337. The zero-order valence-electron chi connectivity index (χ0n) is 11.0. The second kappa shape index (κ2) is 5.67. The molecule has 3 rings (SSSR count). The van der Waals surface area contributed by atoms with E-state index in [1.807, 2.05) is 4.90 Å². The van der Waals surface area contributed by atoms with Crippen LogP contribution in [0.4, 0.5) is 0 Å². The number of hydrogen-bond acceptors (Lipinski definition) is 3. The third-order valence-electron chi connectivity index (χ3n) is 4.76. The molecule has 2 aliphatic heterocycles. The number of nitrogens with one attached hydrogen (secondary N) is 1. The molecular formula is C13H22ClN3O2. The molecule has 4 atom stereocenters. The van der Waals surface area contributed by atoms with Crippen LogP contribution in [0.15, 0.2) is 0 Å². The molecule has 0 spiro atoms. The molecule has 3 unspecified atom stereocenters. The summed E-state index contributed by atoms with van der Waals surface area (Å²) in [5.74, 6) is 1.15. The van der Waals surface area contributed by atoms with Gasteiger partial charge in [0.25, 0.3) is 0 Å². The van der Waals surface area contributed by atoms with Crippen molar-refractivity contribution in [2.45, 2.75) is 44.2 Å². The van der Waals surface area contributed by atoms with Crippen LogP contribution < -0.4 is 11.1 Å². The van der Waals surface area contributed by atoms with E-state index in [-0.39, 0.29) is 36.3 Å². The summed E-state index contributed by atoms with van der Waals surface area (Å²) < 4.78 is 0. The van der Waals surface area contributed by atoms with Gasteiger partial charge in [0.15, 0.2) is 0 Å². The zero-order valence-corrected chi connectivity index (χ0v) is 11.8. The number of likely N-dealkylation sites (tertiary alicyclic amines) is 1. The predicted octanol–water partition coefficient (Wildman–Crippen LogP) is 0.273. The summed E-state index contributed by atoms with van der Waals surface area (Å²) >= 11 is 0. The minimum atomic E-state index is -0.283. The number of nitrogens with two attached hydrogens (primary N) is 1. The normalized spacial score (nSPS) is 37.5. The lowest BCUT2D eigenvalue weighted by Crippen LogP contribution is -2.44. The van der Waals surface area contributed by atoms with Gasteiger partial charge in [-0.05, 0) is 31.1 Å². The number of rotatable bonds is 1. The van der Waals surface area contributed by atoms with Crippen LogP contribution in [0.5, 0.6) is 0 Å². The van der Waals surface area contributed by atoms with Gasteiger partial charge in [-0.25, -0.2) is 0 Å². The van der Waals surface area contributed by atoms with Crippen molar-refractivity contribution < 1.29 is 9.59 Å². The largest absolute Gasteiger partial charge is 0.344 e. The monoisotopic (exact) mass is 287 g/mol. The Morgan fingerprint density at radius 2 is 2.05 bits per heavy atom. The lowest BCUT2D eigenvalue weighted by Gasteiger charge is -2.29. The van der Waals surface area contributed by atoms with Gasteiger partial charge < -0.3 is 16.0 Å². The predicted molar refractivity (Wildman–Crippen MR) is 73.8 cm³/mol. The highest BCUT2D eigenvalue weighted by Crippen LogP contribution is 2.35. The van der Waals surface area contributed by atoms with E-state index >= 15 is 0 Å². The molecule has 19 heavy (non-hydrogen) atoms. The van der Waals surface area contributed by atoms with E-state index < -0.39 is 0 Å². The Labute approximate surface area is 119 Å². The molecular weight excluding hydrogens is 266 g/mol. The van der Waals surface area contributed by atoms with Crippen LogP contribution in [0.2, 0.25) is 0 Å². The molecule has 1 saturated carbocycles. The van der Waals surface area contributed by atoms with Gasteiger partial charge in [-0.3, -0.25) is 9.59 Å². The van der Waals surface area contributed by atoms with Crippen LogP contribution in [-0.4, -0.2) is 41.9 Å². The van der Waals surface area contributed by atoms with E-state index in [1.165, 1.54) is 12.8 Å². The smallest absolute Gasteiger partial charge is 0.245 e. The number of carbonyl (C=O) groups excluding carboxylic acids is 2. The highest BCUT2D eigenvalue weighted by atomic mass is 35.5. The van der Waals surface area contributed by atoms with Crippen LogP contribution in [0, 0.1) is 11.8 Å². The zero-order chi connectivity index (χ0) is 12.7. The van der Waals surface area contributed by atoms with Crippen LogP contribution >= 0.6 is 12.4 Å². The van der Waals surface area contributed by atoms with Gasteiger partial charge in [0.2, 0.25) is 11.8 Å². The standard InChI is InChI=1S/C13H21N3O2.ClH/c14-10-3-1-2-8-6-16(7-9(8)10)13(18)11-4-5-12(17)15-11;/h8-11H,1-7,14H2,(H,15,17);1H/t8?,9?,10?,11-;/m0./s1. The Morgan fingerprint density at radius 3 is 2.68 bits per heavy atom. The minimum absolute atomic E-state index is 0. The lowest BCUT2D eigenvalue weighted by atomic mass is 9.78. The second-order valence-corrected chi connectivity index (χ2v) is 5.92. The van der Waals surface area contributed by atoms with Crippen molar-refractivity contribution >= 4 is 24.2 Å².